The van der Waals surface area contributed by atoms with E-state index < -0.39 is 5.82 Å². The Morgan fingerprint density at radius 1 is 1.24 bits per heavy atom. The summed E-state index contributed by atoms with van der Waals surface area (Å²) in [5.41, 5.74) is 1.74. The van der Waals surface area contributed by atoms with Crippen LogP contribution in [-0.4, -0.2) is 12.8 Å². The van der Waals surface area contributed by atoms with Crippen LogP contribution in [0.15, 0.2) is 42.5 Å². The fourth-order valence-corrected chi connectivity index (χ4v) is 2.54. The van der Waals surface area contributed by atoms with Gasteiger partial charge < -0.3 is 4.90 Å². The van der Waals surface area contributed by atoms with E-state index in [9.17, 15) is 9.18 Å². The van der Waals surface area contributed by atoms with Gasteiger partial charge in [-0.3, -0.25) is 4.79 Å². The van der Waals surface area contributed by atoms with Crippen molar-refractivity contribution in [2.45, 2.75) is 19.9 Å². The van der Waals surface area contributed by atoms with Crippen LogP contribution in [0, 0.1) is 5.82 Å². The Bertz CT molecular complexity index is 672. The highest BCUT2D eigenvalue weighted by atomic mass is 35.5. The molecule has 110 valence electrons. The van der Waals surface area contributed by atoms with Crippen molar-refractivity contribution in [3.63, 3.8) is 0 Å². The van der Waals surface area contributed by atoms with Crippen molar-refractivity contribution in [1.29, 1.82) is 0 Å². The Kier molecular flexibility index (Phi) is 4.63. The van der Waals surface area contributed by atoms with Gasteiger partial charge in [0.2, 0.25) is 0 Å². The largest absolute Gasteiger partial charge is 0.365 e. The number of Topliss-reactive ketones (excluding diaryl/α,β-unsaturated/α-hetero) is 1. The number of hydrogen-bond donors (Lipinski definition) is 0. The van der Waals surface area contributed by atoms with Gasteiger partial charge in [-0.05, 0) is 43.7 Å². The second kappa shape index (κ2) is 6.27. The lowest BCUT2D eigenvalue weighted by atomic mass is 10.1. The molecule has 2 nitrogen and oxygen atoms in total. The maximum atomic E-state index is 14.2. The number of carbonyl (C=O) groups is 1. The van der Waals surface area contributed by atoms with E-state index in [-0.39, 0.29) is 11.8 Å². The molecule has 21 heavy (non-hydrogen) atoms. The van der Waals surface area contributed by atoms with Crippen LogP contribution >= 0.6 is 11.6 Å². The molecule has 0 heterocycles. The minimum Gasteiger partial charge on any atom is -0.365 e. The first kappa shape index (κ1) is 15.5. The Hall–Kier alpha value is -1.87. The summed E-state index contributed by atoms with van der Waals surface area (Å²) >= 11 is 6.19. The molecule has 0 bridgehead atoms. The summed E-state index contributed by atoms with van der Waals surface area (Å²) < 4.78 is 14.2. The summed E-state index contributed by atoms with van der Waals surface area (Å²) in [6.07, 6.45) is 0. The number of halogens is 2. The van der Waals surface area contributed by atoms with Crippen molar-refractivity contribution in [2.24, 2.45) is 0 Å². The standard InChI is InChI=1S/C17H17ClFNO/c1-11(14-6-4-5-7-15(14)18)20(3)17-9-8-13(12(2)21)10-16(17)19/h4-11H,1-3H3. The smallest absolute Gasteiger partial charge is 0.159 e. The van der Waals surface area contributed by atoms with E-state index in [2.05, 4.69) is 0 Å². The molecule has 0 aliphatic carbocycles. The molecule has 0 amide bonds. The zero-order valence-corrected chi connectivity index (χ0v) is 13.0. The molecular formula is C17H17ClFNO. The maximum absolute atomic E-state index is 14.2. The highest BCUT2D eigenvalue weighted by Crippen LogP contribution is 2.31. The average Bonchev–Trinajstić information content (AvgIpc) is 2.46. The van der Waals surface area contributed by atoms with Gasteiger partial charge in [0.25, 0.3) is 0 Å². The molecule has 0 N–H and O–H groups in total. The van der Waals surface area contributed by atoms with Crippen molar-refractivity contribution in [3.8, 4) is 0 Å². The summed E-state index contributed by atoms with van der Waals surface area (Å²) in [4.78, 5) is 13.1. The second-order valence-electron chi connectivity index (χ2n) is 5.03. The van der Waals surface area contributed by atoms with Crippen molar-refractivity contribution < 1.29 is 9.18 Å². The Morgan fingerprint density at radius 3 is 2.48 bits per heavy atom. The Morgan fingerprint density at radius 2 is 1.90 bits per heavy atom. The van der Waals surface area contributed by atoms with Crippen LogP contribution in [0.2, 0.25) is 5.02 Å². The van der Waals surface area contributed by atoms with E-state index in [1.807, 2.05) is 31.2 Å². The van der Waals surface area contributed by atoms with E-state index in [0.717, 1.165) is 5.56 Å². The van der Waals surface area contributed by atoms with Gasteiger partial charge in [0.05, 0.1) is 11.7 Å². The van der Waals surface area contributed by atoms with Crippen molar-refractivity contribution in [2.75, 3.05) is 11.9 Å². The van der Waals surface area contributed by atoms with E-state index in [0.29, 0.717) is 16.3 Å². The van der Waals surface area contributed by atoms with Gasteiger partial charge >= 0.3 is 0 Å². The molecule has 2 aromatic rings. The van der Waals surface area contributed by atoms with Crippen molar-refractivity contribution >= 4 is 23.1 Å². The van der Waals surface area contributed by atoms with Crippen LogP contribution in [0.1, 0.15) is 35.8 Å². The average molecular weight is 306 g/mol. The SMILES string of the molecule is CC(=O)c1ccc(N(C)C(C)c2ccccc2Cl)c(F)c1. The highest BCUT2D eigenvalue weighted by Gasteiger charge is 2.18. The lowest BCUT2D eigenvalue weighted by molar-refractivity contribution is 0.101. The molecule has 0 radical (unpaired) electrons. The van der Waals surface area contributed by atoms with Gasteiger partial charge in [-0.2, -0.15) is 0 Å². The van der Waals surface area contributed by atoms with E-state index in [4.69, 9.17) is 11.6 Å². The van der Waals surface area contributed by atoms with Crippen LogP contribution in [0.4, 0.5) is 10.1 Å². The number of anilines is 1. The van der Waals surface area contributed by atoms with Crippen LogP contribution in [0.5, 0.6) is 0 Å². The van der Waals surface area contributed by atoms with E-state index in [1.54, 1.807) is 24.1 Å². The minimum atomic E-state index is -0.413. The van der Waals surface area contributed by atoms with Gasteiger partial charge in [-0.15, -0.1) is 0 Å². The molecule has 0 saturated carbocycles. The quantitative estimate of drug-likeness (QED) is 0.750. The molecular weight excluding hydrogens is 289 g/mol. The third-order valence-electron chi connectivity index (χ3n) is 3.67. The summed E-state index contributed by atoms with van der Waals surface area (Å²) in [5, 5.41) is 0.651. The monoisotopic (exact) mass is 305 g/mol. The van der Waals surface area contributed by atoms with Gasteiger partial charge in [0, 0.05) is 17.6 Å². The number of benzene rings is 2. The first-order chi connectivity index (χ1) is 9.91. The van der Waals surface area contributed by atoms with Gasteiger partial charge in [-0.25, -0.2) is 4.39 Å². The molecule has 1 atom stereocenters. The minimum absolute atomic E-state index is 0.0867. The molecule has 0 aliphatic rings. The fraction of sp³-hybridized carbons (Fsp3) is 0.235. The predicted octanol–water partition coefficient (Wildman–Crippen LogP) is 4.88. The van der Waals surface area contributed by atoms with Crippen molar-refractivity contribution in [3.05, 3.63) is 64.4 Å². The van der Waals surface area contributed by atoms with E-state index in [1.165, 1.54) is 13.0 Å². The Balaban J connectivity index is 2.34. The maximum Gasteiger partial charge on any atom is 0.159 e. The fourth-order valence-electron chi connectivity index (χ4n) is 2.24. The third kappa shape index (κ3) is 3.24. The molecule has 2 aromatic carbocycles. The lowest BCUT2D eigenvalue weighted by Crippen LogP contribution is -2.23. The number of nitrogens with zero attached hydrogens (tertiary/aromatic N) is 1. The third-order valence-corrected chi connectivity index (χ3v) is 4.01. The first-order valence-electron chi connectivity index (χ1n) is 6.69. The van der Waals surface area contributed by atoms with Crippen LogP contribution in [0.3, 0.4) is 0 Å². The second-order valence-corrected chi connectivity index (χ2v) is 5.44. The predicted molar refractivity (Wildman–Crippen MR) is 84.7 cm³/mol. The molecule has 1 unspecified atom stereocenters. The summed E-state index contributed by atoms with van der Waals surface area (Å²) in [7, 11) is 1.81. The number of rotatable bonds is 4. The number of ketones is 1. The van der Waals surface area contributed by atoms with Crippen molar-refractivity contribution in [1.82, 2.24) is 0 Å². The Labute approximate surface area is 129 Å². The molecule has 0 saturated heterocycles. The van der Waals surface area contributed by atoms with Crippen LogP contribution in [-0.2, 0) is 0 Å². The lowest BCUT2D eigenvalue weighted by Gasteiger charge is -2.28. The van der Waals surface area contributed by atoms with Crippen LogP contribution in [0.25, 0.3) is 0 Å². The van der Waals surface area contributed by atoms with E-state index >= 15 is 0 Å². The molecule has 0 aromatic heterocycles. The van der Waals surface area contributed by atoms with Gasteiger partial charge in [0.15, 0.2) is 5.78 Å². The molecule has 0 spiro atoms. The zero-order chi connectivity index (χ0) is 15.6. The molecule has 2 rings (SSSR count). The number of carbonyl (C=O) groups excluding carboxylic acids is 1. The summed E-state index contributed by atoms with van der Waals surface area (Å²) in [5.74, 6) is -0.564. The zero-order valence-electron chi connectivity index (χ0n) is 12.2. The first-order valence-corrected chi connectivity index (χ1v) is 7.07. The molecule has 4 heteroatoms. The number of hydrogen-bond acceptors (Lipinski definition) is 2. The molecule has 0 fully saturated rings. The van der Waals surface area contributed by atoms with Gasteiger partial charge in [-0.1, -0.05) is 29.8 Å². The highest BCUT2D eigenvalue weighted by molar-refractivity contribution is 6.31. The van der Waals surface area contributed by atoms with Crippen LogP contribution < -0.4 is 4.90 Å². The summed E-state index contributed by atoms with van der Waals surface area (Å²) in [6, 6.07) is 11.9. The summed E-state index contributed by atoms with van der Waals surface area (Å²) in [6.45, 7) is 3.38. The molecule has 0 aliphatic heterocycles. The topological polar surface area (TPSA) is 20.3 Å². The van der Waals surface area contributed by atoms with Gasteiger partial charge in [0.1, 0.15) is 5.82 Å². The normalized spacial score (nSPS) is 12.0.